The molecule has 0 aliphatic rings. The Labute approximate surface area is 114 Å². The average molecular weight is 258 g/mol. The number of rotatable bonds is 5. The van der Waals surface area contributed by atoms with Crippen LogP contribution in [0, 0.1) is 0 Å². The molecule has 1 N–H and O–H groups in total. The van der Waals surface area contributed by atoms with Crippen molar-refractivity contribution in [2.75, 3.05) is 7.05 Å². The van der Waals surface area contributed by atoms with E-state index >= 15 is 0 Å². The Morgan fingerprint density at radius 1 is 1.26 bits per heavy atom. The Morgan fingerprint density at radius 3 is 2.58 bits per heavy atom. The first kappa shape index (κ1) is 13.7. The van der Waals surface area contributed by atoms with E-state index in [0.29, 0.717) is 6.04 Å². The summed E-state index contributed by atoms with van der Waals surface area (Å²) in [5.74, 6) is 0.892. The van der Waals surface area contributed by atoms with Crippen LogP contribution in [0.1, 0.15) is 43.8 Å². The molecule has 1 atom stereocenters. The van der Waals surface area contributed by atoms with Crippen LogP contribution in [0.3, 0.4) is 0 Å². The number of hydrogen-bond donors (Lipinski definition) is 1. The van der Waals surface area contributed by atoms with Crippen LogP contribution in [0.2, 0.25) is 0 Å². The summed E-state index contributed by atoms with van der Waals surface area (Å²) in [6.07, 6.45) is 3.83. The van der Waals surface area contributed by atoms with Gasteiger partial charge in [0.1, 0.15) is 0 Å². The van der Waals surface area contributed by atoms with E-state index < -0.39 is 0 Å². The van der Waals surface area contributed by atoms with Crippen LogP contribution in [-0.2, 0) is 12.8 Å². The van der Waals surface area contributed by atoms with Crippen molar-refractivity contribution in [2.45, 2.75) is 39.7 Å². The Hall–Kier alpha value is -1.68. The van der Waals surface area contributed by atoms with Crippen LogP contribution in [0.5, 0.6) is 0 Å². The molecule has 2 aromatic heterocycles. The van der Waals surface area contributed by atoms with Gasteiger partial charge in [-0.1, -0.05) is 19.9 Å². The summed E-state index contributed by atoms with van der Waals surface area (Å²) in [5, 5.41) is 7.82. The molecule has 0 saturated carbocycles. The Balaban J connectivity index is 2.34. The van der Waals surface area contributed by atoms with Crippen molar-refractivity contribution in [3.05, 3.63) is 41.3 Å². The first-order chi connectivity index (χ1) is 9.19. The summed E-state index contributed by atoms with van der Waals surface area (Å²) in [5.41, 5.74) is 3.51. The molecule has 0 fully saturated rings. The van der Waals surface area contributed by atoms with Gasteiger partial charge in [-0.3, -0.25) is 0 Å². The largest absolute Gasteiger partial charge is 0.313 e. The third-order valence-corrected chi connectivity index (χ3v) is 3.48. The fraction of sp³-hybridized carbons (Fsp3) is 0.467. The number of pyridine rings is 1. The van der Waals surface area contributed by atoms with Gasteiger partial charge in [-0.2, -0.15) is 5.10 Å². The SMILES string of the molecule is CCc1cc(CC)n(-c2ccc(C(C)NC)cn2)n1. The van der Waals surface area contributed by atoms with Crippen molar-refractivity contribution in [2.24, 2.45) is 0 Å². The fourth-order valence-corrected chi connectivity index (χ4v) is 2.04. The van der Waals surface area contributed by atoms with E-state index in [1.165, 1.54) is 11.3 Å². The van der Waals surface area contributed by atoms with E-state index in [-0.39, 0.29) is 0 Å². The highest BCUT2D eigenvalue weighted by molar-refractivity contribution is 5.29. The van der Waals surface area contributed by atoms with Gasteiger partial charge in [-0.05, 0) is 44.5 Å². The van der Waals surface area contributed by atoms with Crippen LogP contribution in [0.4, 0.5) is 0 Å². The van der Waals surface area contributed by atoms with E-state index in [1.54, 1.807) is 0 Å². The maximum absolute atomic E-state index is 4.60. The summed E-state index contributed by atoms with van der Waals surface area (Å²) in [6, 6.07) is 6.62. The lowest BCUT2D eigenvalue weighted by atomic mass is 10.1. The van der Waals surface area contributed by atoms with Gasteiger partial charge in [0, 0.05) is 17.9 Å². The predicted molar refractivity (Wildman–Crippen MR) is 77.6 cm³/mol. The van der Waals surface area contributed by atoms with Crippen molar-refractivity contribution in [1.82, 2.24) is 20.1 Å². The van der Waals surface area contributed by atoms with Crippen molar-refractivity contribution in [1.29, 1.82) is 0 Å². The standard InChI is InChI=1S/C15H22N4/c1-5-13-9-14(6-2)19(18-13)15-8-7-12(10-17-15)11(3)16-4/h7-11,16H,5-6H2,1-4H3. The van der Waals surface area contributed by atoms with Crippen molar-refractivity contribution in [3.8, 4) is 5.82 Å². The second-order valence-electron chi connectivity index (χ2n) is 4.71. The Bertz CT molecular complexity index is 528. The van der Waals surface area contributed by atoms with Crippen molar-refractivity contribution < 1.29 is 0 Å². The summed E-state index contributed by atoms with van der Waals surface area (Å²) < 4.78 is 1.95. The van der Waals surface area contributed by atoms with Gasteiger partial charge >= 0.3 is 0 Å². The lowest BCUT2D eigenvalue weighted by Crippen LogP contribution is -2.13. The second kappa shape index (κ2) is 5.97. The highest BCUT2D eigenvalue weighted by Gasteiger charge is 2.09. The van der Waals surface area contributed by atoms with Crippen molar-refractivity contribution >= 4 is 0 Å². The van der Waals surface area contributed by atoms with E-state index in [0.717, 1.165) is 24.4 Å². The molecule has 1 unspecified atom stereocenters. The molecule has 0 amide bonds. The molecule has 0 aliphatic heterocycles. The molecule has 0 aromatic carbocycles. The van der Waals surface area contributed by atoms with E-state index in [9.17, 15) is 0 Å². The number of aromatic nitrogens is 3. The van der Waals surface area contributed by atoms with Gasteiger partial charge in [0.15, 0.2) is 5.82 Å². The summed E-state index contributed by atoms with van der Waals surface area (Å²) in [6.45, 7) is 6.39. The Morgan fingerprint density at radius 2 is 2.05 bits per heavy atom. The lowest BCUT2D eigenvalue weighted by molar-refractivity contribution is 0.648. The molecular weight excluding hydrogens is 236 g/mol. The molecule has 0 bridgehead atoms. The zero-order valence-corrected chi connectivity index (χ0v) is 12.1. The fourth-order valence-electron chi connectivity index (χ4n) is 2.04. The minimum absolute atomic E-state index is 0.316. The van der Waals surface area contributed by atoms with Gasteiger partial charge in [0.2, 0.25) is 0 Å². The first-order valence-corrected chi connectivity index (χ1v) is 6.91. The molecular formula is C15H22N4. The van der Waals surface area contributed by atoms with Gasteiger partial charge < -0.3 is 5.32 Å². The number of nitrogens with one attached hydrogen (secondary N) is 1. The van der Waals surface area contributed by atoms with Gasteiger partial charge in [0.05, 0.1) is 5.69 Å². The number of hydrogen-bond acceptors (Lipinski definition) is 3. The zero-order chi connectivity index (χ0) is 13.8. The molecule has 0 radical (unpaired) electrons. The normalized spacial score (nSPS) is 12.6. The number of nitrogens with zero attached hydrogens (tertiary/aromatic N) is 3. The zero-order valence-electron chi connectivity index (χ0n) is 12.1. The highest BCUT2D eigenvalue weighted by Crippen LogP contribution is 2.15. The monoisotopic (exact) mass is 258 g/mol. The van der Waals surface area contributed by atoms with Gasteiger partial charge in [0.25, 0.3) is 0 Å². The first-order valence-electron chi connectivity index (χ1n) is 6.91. The predicted octanol–water partition coefficient (Wildman–Crippen LogP) is 2.67. The molecule has 4 heteroatoms. The molecule has 2 heterocycles. The molecule has 4 nitrogen and oxygen atoms in total. The van der Waals surface area contributed by atoms with E-state index in [1.807, 2.05) is 24.0 Å². The highest BCUT2D eigenvalue weighted by atomic mass is 15.3. The topological polar surface area (TPSA) is 42.7 Å². The van der Waals surface area contributed by atoms with Crippen LogP contribution >= 0.6 is 0 Å². The van der Waals surface area contributed by atoms with Crippen molar-refractivity contribution in [3.63, 3.8) is 0 Å². The minimum Gasteiger partial charge on any atom is -0.313 e. The third kappa shape index (κ3) is 2.84. The number of aryl methyl sites for hydroxylation is 2. The van der Waals surface area contributed by atoms with E-state index in [2.05, 4.69) is 48.3 Å². The molecule has 0 saturated heterocycles. The van der Waals surface area contributed by atoms with Gasteiger partial charge in [-0.15, -0.1) is 0 Å². The molecule has 2 aromatic rings. The molecule has 0 spiro atoms. The molecule has 0 aliphatic carbocycles. The molecule has 2 rings (SSSR count). The smallest absolute Gasteiger partial charge is 0.153 e. The summed E-state index contributed by atoms with van der Waals surface area (Å²) in [7, 11) is 1.95. The van der Waals surface area contributed by atoms with Crippen LogP contribution in [0.15, 0.2) is 24.4 Å². The Kier molecular flexibility index (Phi) is 4.32. The maximum atomic E-state index is 4.60. The van der Waals surface area contributed by atoms with Crippen LogP contribution in [0.25, 0.3) is 5.82 Å². The average Bonchev–Trinajstić information content (AvgIpc) is 2.90. The summed E-state index contributed by atoms with van der Waals surface area (Å²) >= 11 is 0. The van der Waals surface area contributed by atoms with Crippen LogP contribution < -0.4 is 5.32 Å². The summed E-state index contributed by atoms with van der Waals surface area (Å²) in [4.78, 5) is 4.53. The quantitative estimate of drug-likeness (QED) is 0.896. The lowest BCUT2D eigenvalue weighted by Gasteiger charge is -2.11. The molecule has 102 valence electrons. The second-order valence-corrected chi connectivity index (χ2v) is 4.71. The van der Waals surface area contributed by atoms with Gasteiger partial charge in [-0.25, -0.2) is 9.67 Å². The van der Waals surface area contributed by atoms with Crippen LogP contribution in [-0.4, -0.2) is 21.8 Å². The minimum atomic E-state index is 0.316. The molecule has 19 heavy (non-hydrogen) atoms. The van der Waals surface area contributed by atoms with E-state index in [4.69, 9.17) is 0 Å². The third-order valence-electron chi connectivity index (χ3n) is 3.48. The maximum Gasteiger partial charge on any atom is 0.153 e.